The summed E-state index contributed by atoms with van der Waals surface area (Å²) >= 11 is 0. The number of phosphoric acid groups is 1. The first kappa shape index (κ1) is 74.2. The average molecular weight is 1080 g/mol. The van der Waals surface area contributed by atoms with E-state index in [-0.39, 0.29) is 19.1 Å². The molecule has 0 aliphatic rings. The number of hydrogen-bond donors (Lipinski definition) is 3. The van der Waals surface area contributed by atoms with E-state index in [0.717, 1.165) is 32.1 Å². The summed E-state index contributed by atoms with van der Waals surface area (Å²) in [7, 11) is 1.59. The maximum atomic E-state index is 13.0. The second-order valence-corrected chi connectivity index (χ2v) is 26.0. The molecule has 0 saturated carbocycles. The van der Waals surface area contributed by atoms with Crippen LogP contribution < -0.4 is 5.32 Å². The Morgan fingerprint density at radius 1 is 0.440 bits per heavy atom. The van der Waals surface area contributed by atoms with Crippen molar-refractivity contribution < 1.29 is 32.9 Å². The van der Waals surface area contributed by atoms with Gasteiger partial charge in [0.15, 0.2) is 0 Å². The number of carbonyl (C=O) groups is 1. The number of carbonyl (C=O) groups excluding carboxylic acids is 1. The van der Waals surface area contributed by atoms with E-state index in [1.165, 1.54) is 302 Å². The predicted molar refractivity (Wildman–Crippen MR) is 328 cm³/mol. The van der Waals surface area contributed by atoms with E-state index >= 15 is 0 Å². The second-order valence-electron chi connectivity index (χ2n) is 24.6. The monoisotopic (exact) mass is 1080 g/mol. The number of rotatable bonds is 63. The van der Waals surface area contributed by atoms with E-state index in [1.807, 2.05) is 27.2 Å². The molecule has 0 aromatic rings. The first-order valence-electron chi connectivity index (χ1n) is 33.6. The molecule has 0 spiro atoms. The maximum Gasteiger partial charge on any atom is 0.472 e. The smallest absolute Gasteiger partial charge is 0.387 e. The van der Waals surface area contributed by atoms with Crippen LogP contribution in [0.3, 0.4) is 0 Å². The predicted octanol–water partition coefficient (Wildman–Crippen LogP) is 20.9. The Kier molecular flexibility index (Phi) is 57.3. The molecule has 0 aliphatic carbocycles. The van der Waals surface area contributed by atoms with E-state index in [2.05, 4.69) is 19.2 Å². The lowest BCUT2D eigenvalue weighted by Crippen LogP contribution is -2.45. The summed E-state index contributed by atoms with van der Waals surface area (Å²) in [5, 5.41) is 14.0. The number of allylic oxidation sites excluding steroid dienone is 1. The minimum atomic E-state index is -4.34. The highest BCUT2D eigenvalue weighted by Crippen LogP contribution is 2.43. The Bertz CT molecular complexity index is 1230. The van der Waals surface area contributed by atoms with Gasteiger partial charge in [-0.1, -0.05) is 341 Å². The molecule has 0 rings (SSSR count). The van der Waals surface area contributed by atoms with Crippen molar-refractivity contribution in [1.82, 2.24) is 5.32 Å². The number of hydrogen-bond acceptors (Lipinski definition) is 5. The summed E-state index contributed by atoms with van der Waals surface area (Å²) in [5.74, 6) is -0.168. The Balaban J connectivity index is 3.95. The van der Waals surface area contributed by atoms with Crippen molar-refractivity contribution in [3.05, 3.63) is 12.2 Å². The third-order valence-electron chi connectivity index (χ3n) is 15.8. The van der Waals surface area contributed by atoms with Gasteiger partial charge in [-0.2, -0.15) is 0 Å². The van der Waals surface area contributed by atoms with Gasteiger partial charge >= 0.3 is 7.82 Å². The van der Waals surface area contributed by atoms with Crippen LogP contribution in [0.15, 0.2) is 12.2 Å². The molecule has 0 aliphatic heterocycles. The van der Waals surface area contributed by atoms with Crippen molar-refractivity contribution in [2.24, 2.45) is 0 Å². The van der Waals surface area contributed by atoms with Gasteiger partial charge in [0.05, 0.1) is 39.9 Å². The Morgan fingerprint density at radius 3 is 0.987 bits per heavy atom. The maximum absolute atomic E-state index is 13.0. The molecular weight excluding hydrogens is 948 g/mol. The standard InChI is InChI=1S/C66H133N2O6P/c1-6-8-10-12-14-16-18-20-22-24-26-27-28-29-30-31-32-33-34-35-36-37-38-39-40-41-42-44-46-48-50-52-54-56-58-60-66(70)67-64(63-74-75(71,72)73-62-61-68(3,4)5)65(69)59-57-55-53-51-49-47-45-43-25-23-21-19-17-15-13-11-9-7-2/h57,59,64-65,69H,6-56,58,60-63H2,1-5H3,(H-,67,70,71,72)/p+1/b59-57+. The number of unbranched alkanes of at least 4 members (excludes halogenated alkanes) is 50. The van der Waals surface area contributed by atoms with Gasteiger partial charge in [-0.25, -0.2) is 4.57 Å². The molecule has 448 valence electrons. The molecule has 3 unspecified atom stereocenters. The van der Waals surface area contributed by atoms with Crippen LogP contribution in [0.1, 0.15) is 354 Å². The molecule has 0 saturated heterocycles. The summed E-state index contributed by atoms with van der Waals surface area (Å²) in [4.78, 5) is 23.4. The lowest BCUT2D eigenvalue weighted by Gasteiger charge is -2.25. The van der Waals surface area contributed by atoms with Crippen molar-refractivity contribution in [3.63, 3.8) is 0 Å². The van der Waals surface area contributed by atoms with Gasteiger partial charge in [-0.05, 0) is 19.3 Å². The fraction of sp³-hybridized carbons (Fsp3) is 0.955. The van der Waals surface area contributed by atoms with Gasteiger partial charge in [-0.15, -0.1) is 0 Å². The van der Waals surface area contributed by atoms with Crippen LogP contribution in [-0.2, 0) is 18.4 Å². The molecule has 3 atom stereocenters. The number of aliphatic hydroxyl groups excluding tert-OH is 1. The van der Waals surface area contributed by atoms with E-state index in [1.54, 1.807) is 6.08 Å². The Labute approximate surface area is 469 Å². The van der Waals surface area contributed by atoms with Crippen molar-refractivity contribution in [1.29, 1.82) is 0 Å². The minimum absolute atomic E-state index is 0.0653. The van der Waals surface area contributed by atoms with Crippen molar-refractivity contribution in [2.45, 2.75) is 366 Å². The molecule has 0 aromatic heterocycles. The number of nitrogens with zero attached hydrogens (tertiary/aromatic N) is 1. The molecule has 9 heteroatoms. The van der Waals surface area contributed by atoms with E-state index in [4.69, 9.17) is 9.05 Å². The van der Waals surface area contributed by atoms with Crippen LogP contribution in [0.5, 0.6) is 0 Å². The number of aliphatic hydroxyl groups is 1. The van der Waals surface area contributed by atoms with E-state index < -0.39 is 20.0 Å². The second kappa shape index (κ2) is 57.9. The lowest BCUT2D eigenvalue weighted by atomic mass is 10.0. The van der Waals surface area contributed by atoms with Crippen LogP contribution in [0.4, 0.5) is 0 Å². The SMILES string of the molecule is CCCCCCCCCCCCCCCCCC/C=C/C(O)C(COP(=O)(O)OCC[N+](C)(C)C)NC(=O)CCCCCCCCCCCCCCCCCCCCCCCCCCCCCCCCCCCCC. The van der Waals surface area contributed by atoms with Crippen LogP contribution in [0.2, 0.25) is 0 Å². The quantitative estimate of drug-likeness (QED) is 0.0243. The summed E-state index contributed by atoms with van der Waals surface area (Å²) in [5.41, 5.74) is 0. The first-order valence-corrected chi connectivity index (χ1v) is 35.1. The summed E-state index contributed by atoms with van der Waals surface area (Å²) in [6, 6.07) is -0.843. The van der Waals surface area contributed by atoms with Gasteiger partial charge in [-0.3, -0.25) is 13.8 Å². The molecular formula is C66H134N2O6P+. The first-order chi connectivity index (χ1) is 36.5. The number of likely N-dealkylation sites (N-methyl/N-ethyl adjacent to an activating group) is 1. The Morgan fingerprint density at radius 2 is 0.707 bits per heavy atom. The molecule has 3 N–H and O–H groups in total. The molecule has 0 fully saturated rings. The number of nitrogens with one attached hydrogen (secondary N) is 1. The average Bonchev–Trinajstić information content (AvgIpc) is 3.37. The van der Waals surface area contributed by atoms with Crippen molar-refractivity contribution in [2.75, 3.05) is 40.9 Å². The Hall–Kier alpha value is -0.760. The zero-order chi connectivity index (χ0) is 54.9. The number of amides is 1. The minimum Gasteiger partial charge on any atom is -0.387 e. The fourth-order valence-electron chi connectivity index (χ4n) is 10.5. The molecule has 0 radical (unpaired) electrons. The van der Waals surface area contributed by atoms with Crippen LogP contribution in [0, 0.1) is 0 Å². The van der Waals surface area contributed by atoms with Crippen LogP contribution in [0.25, 0.3) is 0 Å². The third-order valence-corrected chi connectivity index (χ3v) is 16.7. The lowest BCUT2D eigenvalue weighted by molar-refractivity contribution is -0.870. The van der Waals surface area contributed by atoms with Crippen LogP contribution in [-0.4, -0.2) is 73.4 Å². The number of quaternary nitrogens is 1. The fourth-order valence-corrected chi connectivity index (χ4v) is 11.3. The molecule has 0 bridgehead atoms. The highest BCUT2D eigenvalue weighted by molar-refractivity contribution is 7.47. The summed E-state index contributed by atoms with van der Waals surface area (Å²) in [6.07, 6.45) is 73.6. The van der Waals surface area contributed by atoms with Gasteiger partial charge < -0.3 is 19.8 Å². The largest absolute Gasteiger partial charge is 0.472 e. The van der Waals surface area contributed by atoms with Gasteiger partial charge in [0.2, 0.25) is 5.91 Å². The normalized spacial score (nSPS) is 13.7. The molecule has 0 aromatic carbocycles. The zero-order valence-electron chi connectivity index (χ0n) is 51.3. The highest BCUT2D eigenvalue weighted by atomic mass is 31.2. The molecule has 75 heavy (non-hydrogen) atoms. The summed E-state index contributed by atoms with van der Waals surface area (Å²) in [6.45, 7) is 4.88. The van der Waals surface area contributed by atoms with Crippen molar-refractivity contribution in [3.8, 4) is 0 Å². The third kappa shape index (κ3) is 60.7. The topological polar surface area (TPSA) is 105 Å². The van der Waals surface area contributed by atoms with E-state index in [9.17, 15) is 19.4 Å². The van der Waals surface area contributed by atoms with E-state index in [0.29, 0.717) is 17.4 Å². The van der Waals surface area contributed by atoms with Gasteiger partial charge in [0.1, 0.15) is 13.2 Å². The number of phosphoric ester groups is 1. The zero-order valence-corrected chi connectivity index (χ0v) is 52.2. The molecule has 8 nitrogen and oxygen atoms in total. The van der Waals surface area contributed by atoms with Crippen LogP contribution >= 0.6 is 7.82 Å². The molecule has 0 heterocycles. The van der Waals surface area contributed by atoms with Gasteiger partial charge in [0, 0.05) is 6.42 Å². The van der Waals surface area contributed by atoms with Gasteiger partial charge in [0.25, 0.3) is 0 Å². The molecule has 1 amide bonds. The highest BCUT2D eigenvalue weighted by Gasteiger charge is 2.28. The summed E-state index contributed by atoms with van der Waals surface area (Å²) < 4.78 is 23.8. The van der Waals surface area contributed by atoms with Crippen molar-refractivity contribution >= 4 is 13.7 Å².